The van der Waals surface area contributed by atoms with E-state index >= 15 is 0 Å². The van der Waals surface area contributed by atoms with Crippen LogP contribution >= 0.6 is 0 Å². The number of nitrogens with zero attached hydrogens (tertiary/aromatic N) is 5. The predicted octanol–water partition coefficient (Wildman–Crippen LogP) is -0.134. The van der Waals surface area contributed by atoms with Gasteiger partial charge in [0, 0.05) is 44.3 Å². The van der Waals surface area contributed by atoms with Gasteiger partial charge in [-0.05, 0) is 26.3 Å². The molecule has 11 heteroatoms. The number of carbonyl (C=O) groups is 3. The van der Waals surface area contributed by atoms with Gasteiger partial charge in [-0.15, -0.1) is 0 Å². The van der Waals surface area contributed by atoms with E-state index in [1.165, 1.54) is 12.4 Å². The molecule has 0 radical (unpaired) electrons. The number of hydrogen-bond acceptors (Lipinski definition) is 7. The van der Waals surface area contributed by atoms with Crippen LogP contribution in [0.15, 0.2) is 23.3 Å². The first kappa shape index (κ1) is 21.7. The van der Waals surface area contributed by atoms with Crippen LogP contribution in [0.25, 0.3) is 0 Å². The molecule has 154 valence electrons. The smallest absolute Gasteiger partial charge is 0.290 e. The van der Waals surface area contributed by atoms with Gasteiger partial charge in [-0.3, -0.25) is 19.2 Å². The lowest BCUT2D eigenvalue weighted by Crippen LogP contribution is -2.39. The molecule has 0 unspecified atom stereocenters. The van der Waals surface area contributed by atoms with Crippen LogP contribution in [0.5, 0.6) is 0 Å². The zero-order valence-corrected chi connectivity index (χ0v) is 16.2. The quantitative estimate of drug-likeness (QED) is 0.660. The molecule has 2 aromatic rings. The van der Waals surface area contributed by atoms with Crippen molar-refractivity contribution in [1.29, 1.82) is 0 Å². The molecular formula is C18H22N6O5. The average molecular weight is 402 g/mol. The Morgan fingerprint density at radius 1 is 1.10 bits per heavy atom. The maximum Gasteiger partial charge on any atom is 0.290 e. The fourth-order valence-corrected chi connectivity index (χ4v) is 2.97. The number of aromatic amines is 1. The van der Waals surface area contributed by atoms with E-state index in [-0.39, 0.29) is 18.1 Å². The molecule has 0 bridgehead atoms. The minimum atomic E-state index is -0.512. The Bertz CT molecular complexity index is 924. The highest BCUT2D eigenvalue weighted by molar-refractivity contribution is 5.93. The highest BCUT2D eigenvalue weighted by Crippen LogP contribution is 2.10. The van der Waals surface area contributed by atoms with E-state index in [0.29, 0.717) is 44.1 Å². The zero-order chi connectivity index (χ0) is 21.4. The van der Waals surface area contributed by atoms with E-state index in [2.05, 4.69) is 19.9 Å². The Kier molecular flexibility index (Phi) is 7.52. The van der Waals surface area contributed by atoms with Gasteiger partial charge in [-0.25, -0.2) is 15.0 Å². The van der Waals surface area contributed by atoms with Crippen molar-refractivity contribution in [2.75, 3.05) is 26.2 Å². The topological polar surface area (TPSA) is 149 Å². The highest BCUT2D eigenvalue weighted by Gasteiger charge is 2.26. The molecule has 0 aliphatic carbocycles. The number of amides is 2. The second-order valence-corrected chi connectivity index (χ2v) is 6.25. The summed E-state index contributed by atoms with van der Waals surface area (Å²) in [4.78, 5) is 63.3. The number of aryl methyl sites for hydroxylation is 2. The summed E-state index contributed by atoms with van der Waals surface area (Å²) < 4.78 is 0. The number of nitrogens with one attached hydrogen (secondary N) is 1. The first-order chi connectivity index (χ1) is 13.9. The molecule has 0 atom stereocenters. The van der Waals surface area contributed by atoms with Crippen LogP contribution in [0.1, 0.15) is 38.9 Å². The number of aromatic nitrogens is 4. The molecule has 2 aromatic heterocycles. The normalized spacial score (nSPS) is 13.7. The van der Waals surface area contributed by atoms with E-state index in [9.17, 15) is 14.4 Å². The number of carbonyl (C=O) groups excluding carboxylic acids is 2. The minimum absolute atomic E-state index is 0.130. The van der Waals surface area contributed by atoms with Crippen molar-refractivity contribution in [2.24, 2.45) is 0 Å². The summed E-state index contributed by atoms with van der Waals surface area (Å²) in [6.45, 7) is 5.00. The van der Waals surface area contributed by atoms with Gasteiger partial charge >= 0.3 is 0 Å². The third-order valence-corrected chi connectivity index (χ3v) is 4.17. The molecule has 0 saturated carbocycles. The predicted molar refractivity (Wildman–Crippen MR) is 101 cm³/mol. The lowest BCUT2D eigenvalue weighted by molar-refractivity contribution is -0.122. The summed E-state index contributed by atoms with van der Waals surface area (Å²) in [5.41, 5.74) is 0.453. The molecule has 1 saturated heterocycles. The van der Waals surface area contributed by atoms with Gasteiger partial charge in [0.05, 0.1) is 0 Å². The molecule has 0 aromatic carbocycles. The number of carboxylic acid groups (broad SMARTS) is 1. The minimum Gasteiger partial charge on any atom is -0.483 e. The van der Waals surface area contributed by atoms with Crippen LogP contribution in [0.4, 0.5) is 0 Å². The monoisotopic (exact) mass is 402 g/mol. The molecule has 2 amide bonds. The van der Waals surface area contributed by atoms with Crippen molar-refractivity contribution < 1.29 is 19.5 Å². The molecule has 3 heterocycles. The van der Waals surface area contributed by atoms with Gasteiger partial charge in [0.2, 0.25) is 0 Å². The summed E-state index contributed by atoms with van der Waals surface area (Å²) in [6, 6.07) is 1.66. The van der Waals surface area contributed by atoms with Gasteiger partial charge in [-0.2, -0.15) is 0 Å². The van der Waals surface area contributed by atoms with Crippen molar-refractivity contribution in [3.63, 3.8) is 0 Å². The first-order valence-corrected chi connectivity index (χ1v) is 8.89. The SMILES string of the molecule is Cc1cc(C(=O)N2CCCN(C(=O)c3ncc[nH]c3=O)CC2)nc(C)n1.O=CO. The Morgan fingerprint density at radius 2 is 1.72 bits per heavy atom. The number of rotatable bonds is 2. The fourth-order valence-electron chi connectivity index (χ4n) is 2.97. The fraction of sp³-hybridized carbons (Fsp3) is 0.389. The van der Waals surface area contributed by atoms with Crippen molar-refractivity contribution in [3.8, 4) is 0 Å². The van der Waals surface area contributed by atoms with Gasteiger partial charge < -0.3 is 19.9 Å². The Morgan fingerprint density at radius 3 is 2.31 bits per heavy atom. The molecule has 1 aliphatic heterocycles. The Labute approximate surface area is 166 Å². The third kappa shape index (κ3) is 5.67. The maximum atomic E-state index is 12.7. The Hall–Kier alpha value is -3.63. The second kappa shape index (κ2) is 10.1. The summed E-state index contributed by atoms with van der Waals surface area (Å²) in [6.07, 6.45) is 3.38. The van der Waals surface area contributed by atoms with Gasteiger partial charge in [0.25, 0.3) is 23.8 Å². The lowest BCUT2D eigenvalue weighted by atomic mass is 10.2. The van der Waals surface area contributed by atoms with Gasteiger partial charge in [-0.1, -0.05) is 0 Å². The van der Waals surface area contributed by atoms with Crippen LogP contribution in [0, 0.1) is 13.8 Å². The molecule has 1 aliphatic rings. The van der Waals surface area contributed by atoms with Crippen LogP contribution in [0.3, 0.4) is 0 Å². The lowest BCUT2D eigenvalue weighted by Gasteiger charge is -2.21. The van der Waals surface area contributed by atoms with Crippen LogP contribution < -0.4 is 5.56 Å². The van der Waals surface area contributed by atoms with Gasteiger partial charge in [0.1, 0.15) is 11.5 Å². The van der Waals surface area contributed by atoms with E-state index in [1.54, 1.807) is 22.8 Å². The third-order valence-electron chi connectivity index (χ3n) is 4.17. The van der Waals surface area contributed by atoms with Crippen molar-refractivity contribution in [2.45, 2.75) is 20.3 Å². The molecule has 2 N–H and O–H groups in total. The number of H-pyrrole nitrogens is 1. The average Bonchev–Trinajstić information content (AvgIpc) is 2.93. The summed E-state index contributed by atoms with van der Waals surface area (Å²) in [5.74, 6) is -0.0483. The highest BCUT2D eigenvalue weighted by atomic mass is 16.3. The summed E-state index contributed by atoms with van der Waals surface area (Å²) in [7, 11) is 0. The first-order valence-electron chi connectivity index (χ1n) is 8.89. The standard InChI is InChI=1S/C17H20N6O3.CH2O2/c1-11-10-13(21-12(2)20-11)16(25)22-6-3-7-23(9-8-22)17(26)14-15(24)19-5-4-18-14;2-1-3/h4-5,10H,3,6-9H2,1-2H3,(H,19,24);1H,(H,2,3). The molecular weight excluding hydrogens is 380 g/mol. The van der Waals surface area contributed by atoms with E-state index in [4.69, 9.17) is 9.90 Å². The van der Waals surface area contributed by atoms with Gasteiger partial charge in [0.15, 0.2) is 5.69 Å². The molecule has 11 nitrogen and oxygen atoms in total. The van der Waals surface area contributed by atoms with Crippen molar-refractivity contribution >= 4 is 18.3 Å². The van der Waals surface area contributed by atoms with Crippen LogP contribution in [0.2, 0.25) is 0 Å². The zero-order valence-electron chi connectivity index (χ0n) is 16.2. The Balaban J connectivity index is 0.000000941. The molecule has 3 rings (SSSR count). The van der Waals surface area contributed by atoms with E-state index in [1.807, 2.05) is 6.92 Å². The largest absolute Gasteiger partial charge is 0.483 e. The van der Waals surface area contributed by atoms with E-state index < -0.39 is 11.5 Å². The van der Waals surface area contributed by atoms with E-state index in [0.717, 1.165) is 5.69 Å². The second-order valence-electron chi connectivity index (χ2n) is 6.25. The summed E-state index contributed by atoms with van der Waals surface area (Å²) in [5, 5.41) is 6.89. The molecule has 0 spiro atoms. The van der Waals surface area contributed by atoms with Crippen molar-refractivity contribution in [3.05, 3.63) is 51.7 Å². The van der Waals surface area contributed by atoms with Crippen molar-refractivity contribution in [1.82, 2.24) is 29.7 Å². The molecule has 1 fully saturated rings. The van der Waals surface area contributed by atoms with Crippen LogP contribution in [-0.4, -0.2) is 79.3 Å². The summed E-state index contributed by atoms with van der Waals surface area (Å²) >= 11 is 0. The number of hydrogen-bond donors (Lipinski definition) is 2. The maximum absolute atomic E-state index is 12.7. The van der Waals surface area contributed by atoms with Crippen LogP contribution in [-0.2, 0) is 4.79 Å². The molecule has 29 heavy (non-hydrogen) atoms.